The lowest BCUT2D eigenvalue weighted by molar-refractivity contribution is 0.252. The minimum Gasteiger partial charge on any atom is -0.382 e. The van der Waals surface area contributed by atoms with E-state index in [4.69, 9.17) is 5.73 Å². The van der Waals surface area contributed by atoms with E-state index in [0.717, 1.165) is 16.9 Å². The number of benzene rings is 2. The molecule has 0 atom stereocenters. The van der Waals surface area contributed by atoms with E-state index in [-0.39, 0.29) is 6.03 Å². The fraction of sp³-hybridized carbons (Fsp3) is 0.188. The Morgan fingerprint density at radius 1 is 0.952 bits per heavy atom. The molecule has 0 aliphatic heterocycles. The molecule has 2 aromatic rings. The van der Waals surface area contributed by atoms with Crippen molar-refractivity contribution in [2.24, 2.45) is 5.73 Å². The molecule has 0 aromatic heterocycles. The summed E-state index contributed by atoms with van der Waals surface area (Å²) in [5.74, 6) is 0. The molecule has 0 saturated heterocycles. The third-order valence-corrected chi connectivity index (χ3v) is 2.93. The van der Waals surface area contributed by atoms with Crippen LogP contribution in [0.5, 0.6) is 0 Å². The molecule has 5 heteroatoms. The molecule has 0 heterocycles. The predicted octanol–water partition coefficient (Wildman–Crippen LogP) is 2.38. The van der Waals surface area contributed by atoms with Crippen LogP contribution in [0.4, 0.5) is 16.2 Å². The zero-order valence-electron chi connectivity index (χ0n) is 11.8. The van der Waals surface area contributed by atoms with E-state index >= 15 is 0 Å². The smallest absolute Gasteiger partial charge is 0.319 e. The van der Waals surface area contributed by atoms with Crippen molar-refractivity contribution in [3.05, 3.63) is 60.2 Å². The number of para-hydroxylation sites is 2. The Hall–Kier alpha value is -2.53. The summed E-state index contributed by atoms with van der Waals surface area (Å²) < 4.78 is 0. The fourth-order valence-electron chi connectivity index (χ4n) is 1.90. The maximum Gasteiger partial charge on any atom is 0.319 e. The third-order valence-electron chi connectivity index (χ3n) is 2.93. The minimum absolute atomic E-state index is 0.235. The first-order valence-electron chi connectivity index (χ1n) is 6.91. The second-order valence-electron chi connectivity index (χ2n) is 4.55. The number of anilines is 2. The Kier molecular flexibility index (Phi) is 5.60. The topological polar surface area (TPSA) is 79.2 Å². The standard InChI is InChI=1S/C16H20N4O/c17-10-11-18-14-8-4-5-9-15(14)20-16(21)19-12-13-6-2-1-3-7-13/h1-9,18H,10-12,17H2,(H2,19,20,21). The molecule has 5 nitrogen and oxygen atoms in total. The Bertz CT molecular complexity index is 571. The number of nitrogens with one attached hydrogen (secondary N) is 3. The normalized spacial score (nSPS) is 9.95. The molecule has 0 unspecified atom stereocenters. The van der Waals surface area contributed by atoms with Gasteiger partial charge >= 0.3 is 6.03 Å². The van der Waals surface area contributed by atoms with Crippen molar-refractivity contribution < 1.29 is 4.79 Å². The molecule has 2 aromatic carbocycles. The van der Waals surface area contributed by atoms with Crippen LogP contribution < -0.4 is 21.7 Å². The van der Waals surface area contributed by atoms with Crippen LogP contribution in [0.25, 0.3) is 0 Å². The highest BCUT2D eigenvalue weighted by Gasteiger charge is 2.05. The van der Waals surface area contributed by atoms with Gasteiger partial charge in [0.25, 0.3) is 0 Å². The van der Waals surface area contributed by atoms with Crippen LogP contribution in [0, 0.1) is 0 Å². The highest BCUT2D eigenvalue weighted by atomic mass is 16.2. The SMILES string of the molecule is NCCNc1ccccc1NC(=O)NCc1ccccc1. The van der Waals surface area contributed by atoms with Crippen LogP contribution >= 0.6 is 0 Å². The number of nitrogens with two attached hydrogens (primary N) is 1. The van der Waals surface area contributed by atoms with Gasteiger partial charge in [0, 0.05) is 19.6 Å². The molecule has 0 bridgehead atoms. The summed E-state index contributed by atoms with van der Waals surface area (Å²) >= 11 is 0. The number of carbonyl (C=O) groups excluding carboxylic acids is 1. The van der Waals surface area contributed by atoms with Gasteiger partial charge in [0.1, 0.15) is 0 Å². The van der Waals surface area contributed by atoms with Gasteiger partial charge in [0.05, 0.1) is 11.4 Å². The monoisotopic (exact) mass is 284 g/mol. The van der Waals surface area contributed by atoms with E-state index in [1.54, 1.807) is 0 Å². The molecule has 110 valence electrons. The Morgan fingerprint density at radius 2 is 1.62 bits per heavy atom. The zero-order chi connectivity index (χ0) is 14.9. The first kappa shape index (κ1) is 14.9. The van der Waals surface area contributed by atoms with Gasteiger partial charge in [-0.1, -0.05) is 42.5 Å². The largest absolute Gasteiger partial charge is 0.382 e. The molecule has 2 rings (SSSR count). The molecule has 0 spiro atoms. The minimum atomic E-state index is -0.235. The van der Waals surface area contributed by atoms with Gasteiger partial charge in [-0.25, -0.2) is 4.79 Å². The summed E-state index contributed by atoms with van der Waals surface area (Å²) in [5.41, 5.74) is 8.13. The number of carbonyl (C=O) groups is 1. The van der Waals surface area contributed by atoms with Crippen molar-refractivity contribution >= 4 is 17.4 Å². The van der Waals surface area contributed by atoms with Crippen LogP contribution in [0.1, 0.15) is 5.56 Å². The summed E-state index contributed by atoms with van der Waals surface area (Å²) in [6, 6.07) is 17.1. The van der Waals surface area contributed by atoms with Crippen LogP contribution in [0.2, 0.25) is 0 Å². The van der Waals surface area contributed by atoms with Crippen LogP contribution in [0.15, 0.2) is 54.6 Å². The molecule has 0 saturated carbocycles. The van der Waals surface area contributed by atoms with Gasteiger partial charge in [-0.05, 0) is 17.7 Å². The Labute approximate surface area is 124 Å². The third kappa shape index (κ3) is 4.81. The molecule has 21 heavy (non-hydrogen) atoms. The van der Waals surface area contributed by atoms with Crippen molar-refractivity contribution in [2.75, 3.05) is 23.7 Å². The maximum absolute atomic E-state index is 11.9. The molecule has 0 fully saturated rings. The van der Waals surface area contributed by atoms with Crippen LogP contribution in [-0.2, 0) is 6.54 Å². The van der Waals surface area contributed by atoms with Gasteiger partial charge in [0.2, 0.25) is 0 Å². The number of rotatable bonds is 6. The van der Waals surface area contributed by atoms with Gasteiger partial charge in [-0.2, -0.15) is 0 Å². The second kappa shape index (κ2) is 7.91. The molecule has 5 N–H and O–H groups in total. The van der Waals surface area contributed by atoms with Crippen molar-refractivity contribution in [3.63, 3.8) is 0 Å². The van der Waals surface area contributed by atoms with E-state index < -0.39 is 0 Å². The Balaban J connectivity index is 1.90. The highest BCUT2D eigenvalue weighted by molar-refractivity contribution is 5.92. The lowest BCUT2D eigenvalue weighted by atomic mass is 10.2. The van der Waals surface area contributed by atoms with Crippen LogP contribution in [0.3, 0.4) is 0 Å². The molecule has 0 aliphatic carbocycles. The summed E-state index contributed by atoms with van der Waals surface area (Å²) in [7, 11) is 0. The average Bonchev–Trinajstić information content (AvgIpc) is 2.53. The number of hydrogen-bond acceptors (Lipinski definition) is 3. The lowest BCUT2D eigenvalue weighted by Crippen LogP contribution is -2.28. The molecule has 0 radical (unpaired) electrons. The number of amides is 2. The summed E-state index contributed by atoms with van der Waals surface area (Å²) in [6.07, 6.45) is 0. The van der Waals surface area contributed by atoms with E-state index in [2.05, 4.69) is 16.0 Å². The number of hydrogen-bond donors (Lipinski definition) is 4. The zero-order valence-corrected chi connectivity index (χ0v) is 11.8. The van der Waals surface area contributed by atoms with Gasteiger partial charge < -0.3 is 21.7 Å². The van der Waals surface area contributed by atoms with E-state index in [9.17, 15) is 4.79 Å². The lowest BCUT2D eigenvalue weighted by Gasteiger charge is -2.13. The first-order valence-corrected chi connectivity index (χ1v) is 6.91. The van der Waals surface area contributed by atoms with Gasteiger partial charge in [-0.3, -0.25) is 0 Å². The quantitative estimate of drug-likeness (QED) is 0.657. The molecule has 0 aliphatic rings. The number of urea groups is 1. The first-order chi connectivity index (χ1) is 10.3. The fourth-order valence-corrected chi connectivity index (χ4v) is 1.90. The maximum atomic E-state index is 11.9. The summed E-state index contributed by atoms with van der Waals surface area (Å²) in [5, 5.41) is 8.84. The molecule has 2 amide bonds. The van der Waals surface area contributed by atoms with E-state index in [0.29, 0.717) is 19.6 Å². The second-order valence-corrected chi connectivity index (χ2v) is 4.55. The Morgan fingerprint density at radius 3 is 2.33 bits per heavy atom. The highest BCUT2D eigenvalue weighted by Crippen LogP contribution is 2.20. The van der Waals surface area contributed by atoms with Crippen molar-refractivity contribution in [3.8, 4) is 0 Å². The predicted molar refractivity (Wildman–Crippen MR) is 86.3 cm³/mol. The van der Waals surface area contributed by atoms with E-state index in [1.165, 1.54) is 0 Å². The summed E-state index contributed by atoms with van der Waals surface area (Å²) in [6.45, 7) is 1.68. The average molecular weight is 284 g/mol. The van der Waals surface area contributed by atoms with Gasteiger partial charge in [0.15, 0.2) is 0 Å². The van der Waals surface area contributed by atoms with E-state index in [1.807, 2.05) is 54.6 Å². The van der Waals surface area contributed by atoms with Crippen molar-refractivity contribution in [2.45, 2.75) is 6.54 Å². The van der Waals surface area contributed by atoms with Gasteiger partial charge in [-0.15, -0.1) is 0 Å². The molecular weight excluding hydrogens is 264 g/mol. The van der Waals surface area contributed by atoms with Crippen LogP contribution in [-0.4, -0.2) is 19.1 Å². The van der Waals surface area contributed by atoms with Crippen molar-refractivity contribution in [1.82, 2.24) is 5.32 Å². The summed E-state index contributed by atoms with van der Waals surface area (Å²) in [4.78, 5) is 11.9. The van der Waals surface area contributed by atoms with Crippen molar-refractivity contribution in [1.29, 1.82) is 0 Å². The molecular formula is C16H20N4O.